The third-order valence-electron chi connectivity index (χ3n) is 4.40. The quantitative estimate of drug-likeness (QED) is 0.602. The Kier molecular flexibility index (Phi) is 4.59. The van der Waals surface area contributed by atoms with Gasteiger partial charge in [0.25, 0.3) is 0 Å². The fourth-order valence-electron chi connectivity index (χ4n) is 3.13. The number of likely N-dealkylation sites (tertiary alicyclic amines) is 1. The average molecular weight is 262 g/mol. The number of quaternary nitrogens is 1. The summed E-state index contributed by atoms with van der Waals surface area (Å²) >= 11 is 0. The van der Waals surface area contributed by atoms with E-state index in [1.54, 1.807) is 12.1 Å². The standard InChI is InChI=1S/C16H24NO2/c1-3-15-10-7-11-17(15,2)12-13-19-16(18)14-8-5-4-6-9-14/h4-6,8-9,15H,3,7,10-13H2,1-2H3/q+1/t15-,17?/m1/s1. The van der Waals surface area contributed by atoms with Crippen molar-refractivity contribution in [3.05, 3.63) is 35.9 Å². The Morgan fingerprint density at radius 3 is 2.79 bits per heavy atom. The van der Waals surface area contributed by atoms with Crippen molar-refractivity contribution in [3.63, 3.8) is 0 Å². The maximum atomic E-state index is 11.8. The van der Waals surface area contributed by atoms with Crippen molar-refractivity contribution in [2.24, 2.45) is 0 Å². The summed E-state index contributed by atoms with van der Waals surface area (Å²) in [6.45, 7) is 4.90. The van der Waals surface area contributed by atoms with Crippen molar-refractivity contribution in [2.45, 2.75) is 32.2 Å². The van der Waals surface area contributed by atoms with Crippen LogP contribution in [-0.2, 0) is 4.74 Å². The van der Waals surface area contributed by atoms with Crippen LogP contribution in [0.5, 0.6) is 0 Å². The lowest BCUT2D eigenvalue weighted by atomic mass is 10.1. The van der Waals surface area contributed by atoms with E-state index in [0.29, 0.717) is 12.2 Å². The van der Waals surface area contributed by atoms with Crippen LogP contribution in [-0.4, -0.2) is 43.2 Å². The molecule has 0 spiro atoms. The Balaban J connectivity index is 1.82. The minimum absolute atomic E-state index is 0.209. The first-order chi connectivity index (χ1) is 9.15. The van der Waals surface area contributed by atoms with Gasteiger partial charge in [0.1, 0.15) is 13.2 Å². The molecule has 1 saturated heterocycles. The number of esters is 1. The predicted octanol–water partition coefficient (Wildman–Crippen LogP) is 2.86. The highest BCUT2D eigenvalue weighted by Gasteiger charge is 2.36. The zero-order chi connectivity index (χ0) is 13.7. The third kappa shape index (κ3) is 3.35. The number of ether oxygens (including phenoxy) is 1. The third-order valence-corrected chi connectivity index (χ3v) is 4.40. The summed E-state index contributed by atoms with van der Waals surface area (Å²) in [5.41, 5.74) is 0.638. The molecule has 3 nitrogen and oxygen atoms in total. The number of rotatable bonds is 5. The van der Waals surface area contributed by atoms with E-state index < -0.39 is 0 Å². The minimum Gasteiger partial charge on any atom is -0.456 e. The van der Waals surface area contributed by atoms with Gasteiger partial charge in [-0.1, -0.05) is 25.1 Å². The average Bonchev–Trinajstić information content (AvgIpc) is 2.81. The Hall–Kier alpha value is -1.35. The minimum atomic E-state index is -0.209. The van der Waals surface area contributed by atoms with E-state index in [-0.39, 0.29) is 5.97 Å². The molecule has 1 aromatic rings. The van der Waals surface area contributed by atoms with Crippen LogP contribution in [0.15, 0.2) is 30.3 Å². The Morgan fingerprint density at radius 1 is 1.37 bits per heavy atom. The molecular formula is C16H24NO2+. The smallest absolute Gasteiger partial charge is 0.338 e. The number of benzene rings is 1. The summed E-state index contributed by atoms with van der Waals surface area (Å²) in [5.74, 6) is -0.209. The summed E-state index contributed by atoms with van der Waals surface area (Å²) in [6.07, 6.45) is 3.81. The molecule has 1 aliphatic heterocycles. The van der Waals surface area contributed by atoms with Crippen LogP contribution in [0.2, 0.25) is 0 Å². The molecule has 1 heterocycles. The Labute approximate surface area is 115 Å². The molecule has 1 aromatic carbocycles. The van der Waals surface area contributed by atoms with Gasteiger partial charge in [-0.05, 0) is 18.6 Å². The number of nitrogens with zero attached hydrogens (tertiary/aromatic N) is 1. The lowest BCUT2D eigenvalue weighted by Crippen LogP contribution is -2.49. The lowest BCUT2D eigenvalue weighted by molar-refractivity contribution is -0.921. The van der Waals surface area contributed by atoms with Crippen LogP contribution in [0, 0.1) is 0 Å². The van der Waals surface area contributed by atoms with E-state index in [9.17, 15) is 4.79 Å². The Morgan fingerprint density at radius 2 is 2.11 bits per heavy atom. The second-order valence-electron chi connectivity index (χ2n) is 5.63. The van der Waals surface area contributed by atoms with Gasteiger partial charge in [-0.25, -0.2) is 4.79 Å². The fourth-order valence-corrected chi connectivity index (χ4v) is 3.13. The van der Waals surface area contributed by atoms with E-state index in [4.69, 9.17) is 4.74 Å². The van der Waals surface area contributed by atoms with Gasteiger partial charge in [0, 0.05) is 12.8 Å². The van der Waals surface area contributed by atoms with Crippen LogP contribution in [0.25, 0.3) is 0 Å². The highest BCUT2D eigenvalue weighted by molar-refractivity contribution is 5.89. The van der Waals surface area contributed by atoms with E-state index in [1.165, 1.54) is 25.8 Å². The van der Waals surface area contributed by atoms with E-state index >= 15 is 0 Å². The highest BCUT2D eigenvalue weighted by atomic mass is 16.5. The van der Waals surface area contributed by atoms with Crippen LogP contribution in [0.1, 0.15) is 36.5 Å². The molecule has 1 fully saturated rings. The molecule has 19 heavy (non-hydrogen) atoms. The van der Waals surface area contributed by atoms with Gasteiger partial charge in [0.2, 0.25) is 0 Å². The molecule has 0 amide bonds. The number of hydrogen-bond donors (Lipinski definition) is 0. The zero-order valence-corrected chi connectivity index (χ0v) is 12.0. The molecule has 1 unspecified atom stereocenters. The molecule has 2 atom stereocenters. The second kappa shape index (κ2) is 6.20. The maximum Gasteiger partial charge on any atom is 0.338 e. The van der Waals surface area contributed by atoms with E-state index in [0.717, 1.165) is 17.1 Å². The molecule has 0 saturated carbocycles. The van der Waals surface area contributed by atoms with Crippen LogP contribution in [0.3, 0.4) is 0 Å². The molecular weight excluding hydrogens is 238 g/mol. The van der Waals surface area contributed by atoms with Crippen molar-refractivity contribution >= 4 is 5.97 Å². The van der Waals surface area contributed by atoms with Gasteiger partial charge in [0.05, 0.1) is 25.2 Å². The topological polar surface area (TPSA) is 26.3 Å². The van der Waals surface area contributed by atoms with E-state index in [1.807, 2.05) is 18.2 Å². The number of carbonyl (C=O) groups is 1. The van der Waals surface area contributed by atoms with Gasteiger partial charge in [-0.3, -0.25) is 0 Å². The second-order valence-corrected chi connectivity index (χ2v) is 5.63. The zero-order valence-electron chi connectivity index (χ0n) is 12.0. The molecule has 1 aliphatic rings. The largest absolute Gasteiger partial charge is 0.456 e. The molecule has 3 heteroatoms. The first kappa shape index (κ1) is 14.1. The fraction of sp³-hybridized carbons (Fsp3) is 0.562. The van der Waals surface area contributed by atoms with Crippen LogP contribution < -0.4 is 0 Å². The summed E-state index contributed by atoms with van der Waals surface area (Å²) in [7, 11) is 2.29. The SMILES string of the molecule is CC[C@@H]1CCC[N+]1(C)CCOC(=O)c1ccccc1. The lowest BCUT2D eigenvalue weighted by Gasteiger charge is -2.35. The Bertz CT molecular complexity index is 418. The molecule has 0 aliphatic carbocycles. The van der Waals surface area contributed by atoms with Gasteiger partial charge in [0.15, 0.2) is 0 Å². The monoisotopic (exact) mass is 262 g/mol. The first-order valence-corrected chi connectivity index (χ1v) is 7.22. The molecule has 0 radical (unpaired) electrons. The summed E-state index contributed by atoms with van der Waals surface area (Å²) < 4.78 is 6.45. The highest BCUT2D eigenvalue weighted by Crippen LogP contribution is 2.26. The molecule has 104 valence electrons. The van der Waals surface area contributed by atoms with E-state index in [2.05, 4.69) is 14.0 Å². The normalized spacial score (nSPS) is 26.3. The number of likely N-dealkylation sites (N-methyl/N-ethyl adjacent to an activating group) is 1. The van der Waals surface area contributed by atoms with Crippen LogP contribution in [0.4, 0.5) is 0 Å². The molecule has 0 bridgehead atoms. The van der Waals surface area contributed by atoms with Crippen molar-refractivity contribution < 1.29 is 14.0 Å². The van der Waals surface area contributed by atoms with Gasteiger partial charge < -0.3 is 9.22 Å². The predicted molar refractivity (Wildman–Crippen MR) is 76.0 cm³/mol. The first-order valence-electron chi connectivity index (χ1n) is 7.22. The van der Waals surface area contributed by atoms with Crippen molar-refractivity contribution in [3.8, 4) is 0 Å². The van der Waals surface area contributed by atoms with Crippen molar-refractivity contribution in [2.75, 3.05) is 26.7 Å². The molecule has 0 aromatic heterocycles. The molecule has 0 N–H and O–H groups in total. The van der Waals surface area contributed by atoms with Gasteiger partial charge in [-0.15, -0.1) is 0 Å². The maximum absolute atomic E-state index is 11.8. The van der Waals surface area contributed by atoms with Gasteiger partial charge in [-0.2, -0.15) is 0 Å². The number of hydrogen-bond acceptors (Lipinski definition) is 2. The van der Waals surface area contributed by atoms with Crippen LogP contribution >= 0.6 is 0 Å². The number of carbonyl (C=O) groups excluding carboxylic acids is 1. The van der Waals surface area contributed by atoms with Crippen molar-refractivity contribution in [1.82, 2.24) is 0 Å². The summed E-state index contributed by atoms with van der Waals surface area (Å²) in [4.78, 5) is 11.8. The summed E-state index contributed by atoms with van der Waals surface area (Å²) in [6, 6.07) is 9.94. The van der Waals surface area contributed by atoms with Crippen molar-refractivity contribution in [1.29, 1.82) is 0 Å². The molecule has 2 rings (SSSR count). The summed E-state index contributed by atoms with van der Waals surface area (Å²) in [5, 5.41) is 0. The van der Waals surface area contributed by atoms with Gasteiger partial charge >= 0.3 is 5.97 Å².